The molecule has 1 saturated heterocycles. The number of fused-ring (bicyclic) bond motifs is 1. The highest BCUT2D eigenvalue weighted by Crippen LogP contribution is 2.31. The Kier molecular flexibility index (Phi) is 3.22. The van der Waals surface area contributed by atoms with Gasteiger partial charge in [0.1, 0.15) is 0 Å². The van der Waals surface area contributed by atoms with E-state index in [0.717, 1.165) is 30.2 Å². The zero-order valence-electron chi connectivity index (χ0n) is 10.8. The zero-order chi connectivity index (χ0) is 12.5. The van der Waals surface area contributed by atoms with Gasteiger partial charge in [0, 0.05) is 13.2 Å². The molecule has 1 aliphatic heterocycles. The molecule has 0 unspecified atom stereocenters. The first-order valence-corrected chi connectivity index (χ1v) is 7.28. The van der Waals surface area contributed by atoms with Gasteiger partial charge in [0.25, 0.3) is 0 Å². The van der Waals surface area contributed by atoms with Crippen LogP contribution in [0.1, 0.15) is 24.0 Å². The molecule has 2 aromatic rings. The van der Waals surface area contributed by atoms with Crippen LogP contribution in [-0.2, 0) is 4.74 Å². The van der Waals surface area contributed by atoms with Crippen LogP contribution in [0.2, 0.25) is 0 Å². The Morgan fingerprint density at radius 1 is 1.39 bits per heavy atom. The van der Waals surface area contributed by atoms with Crippen LogP contribution >= 0.6 is 11.3 Å². The fourth-order valence-electron chi connectivity index (χ4n) is 2.34. The number of hydrogen-bond acceptors (Lipinski definition) is 4. The Hall–Kier alpha value is -1.13. The van der Waals surface area contributed by atoms with Crippen molar-refractivity contribution in [2.24, 2.45) is 0 Å². The molecule has 96 valence electrons. The van der Waals surface area contributed by atoms with E-state index in [1.807, 2.05) is 0 Å². The summed E-state index contributed by atoms with van der Waals surface area (Å²) < 4.78 is 6.91. The second kappa shape index (κ2) is 4.86. The highest BCUT2D eigenvalue weighted by atomic mass is 32.1. The summed E-state index contributed by atoms with van der Waals surface area (Å²) in [5, 5.41) is 4.42. The maximum absolute atomic E-state index is 5.61. The molecule has 0 radical (unpaired) electrons. The topological polar surface area (TPSA) is 34.1 Å². The van der Waals surface area contributed by atoms with Crippen LogP contribution in [0.5, 0.6) is 0 Å². The minimum Gasteiger partial charge on any atom is -0.376 e. The largest absolute Gasteiger partial charge is 0.376 e. The van der Waals surface area contributed by atoms with Crippen molar-refractivity contribution in [3.05, 3.63) is 23.3 Å². The van der Waals surface area contributed by atoms with Crippen molar-refractivity contribution in [1.82, 2.24) is 4.98 Å². The number of hydrogen-bond donors (Lipinski definition) is 1. The molecule has 0 spiro atoms. The van der Waals surface area contributed by atoms with Gasteiger partial charge in [0.2, 0.25) is 0 Å². The lowest BCUT2D eigenvalue weighted by atomic mass is 10.1. The number of nitrogens with zero attached hydrogens (tertiary/aromatic N) is 1. The number of rotatable bonds is 3. The second-order valence-corrected chi connectivity index (χ2v) is 5.91. The molecule has 1 aliphatic rings. The van der Waals surface area contributed by atoms with Gasteiger partial charge in [-0.05, 0) is 37.8 Å². The van der Waals surface area contributed by atoms with E-state index >= 15 is 0 Å². The Morgan fingerprint density at radius 2 is 2.22 bits per heavy atom. The van der Waals surface area contributed by atoms with Gasteiger partial charge in [0.05, 0.1) is 16.3 Å². The van der Waals surface area contributed by atoms with Crippen LogP contribution in [0.3, 0.4) is 0 Å². The summed E-state index contributed by atoms with van der Waals surface area (Å²) in [5.74, 6) is 0. The molecule has 18 heavy (non-hydrogen) atoms. The first-order valence-electron chi connectivity index (χ1n) is 6.46. The van der Waals surface area contributed by atoms with Gasteiger partial charge in [0.15, 0.2) is 5.13 Å². The van der Waals surface area contributed by atoms with E-state index in [9.17, 15) is 0 Å². The number of benzene rings is 1. The van der Waals surface area contributed by atoms with Crippen molar-refractivity contribution >= 4 is 26.7 Å². The van der Waals surface area contributed by atoms with Crippen molar-refractivity contribution in [2.75, 3.05) is 18.5 Å². The standard InChI is InChI=1S/C14H18N2OS/c1-9-5-6-10(2)13-12(9)16-14(18-13)15-8-11-4-3-7-17-11/h5-6,11H,3-4,7-8H2,1-2H3,(H,15,16)/t11-/m1/s1. The first-order chi connectivity index (χ1) is 8.74. The molecule has 3 nitrogen and oxygen atoms in total. The van der Waals surface area contributed by atoms with Gasteiger partial charge in [-0.15, -0.1) is 0 Å². The molecule has 3 rings (SSSR count). The van der Waals surface area contributed by atoms with Gasteiger partial charge < -0.3 is 10.1 Å². The van der Waals surface area contributed by atoms with Crippen LogP contribution in [0, 0.1) is 13.8 Å². The third-order valence-corrected chi connectivity index (χ3v) is 4.60. The average molecular weight is 262 g/mol. The fourth-order valence-corrected chi connectivity index (χ4v) is 3.36. The summed E-state index contributed by atoms with van der Waals surface area (Å²) in [7, 11) is 0. The lowest BCUT2D eigenvalue weighted by Crippen LogP contribution is -2.18. The molecule has 0 aliphatic carbocycles. The predicted molar refractivity (Wildman–Crippen MR) is 76.6 cm³/mol. The third kappa shape index (κ3) is 2.22. The Morgan fingerprint density at radius 3 is 2.94 bits per heavy atom. The third-order valence-electron chi connectivity index (χ3n) is 3.45. The lowest BCUT2D eigenvalue weighted by molar-refractivity contribution is 0.120. The quantitative estimate of drug-likeness (QED) is 0.919. The van der Waals surface area contributed by atoms with Crippen molar-refractivity contribution in [1.29, 1.82) is 0 Å². The molecule has 1 atom stereocenters. The second-order valence-electron chi connectivity index (χ2n) is 4.91. The van der Waals surface area contributed by atoms with Crippen molar-refractivity contribution in [3.63, 3.8) is 0 Å². The predicted octanol–water partition coefficient (Wildman–Crippen LogP) is 3.50. The van der Waals surface area contributed by atoms with E-state index in [1.165, 1.54) is 22.2 Å². The summed E-state index contributed by atoms with van der Waals surface area (Å²) in [6.45, 7) is 6.04. The highest BCUT2D eigenvalue weighted by molar-refractivity contribution is 7.22. The van der Waals surface area contributed by atoms with Crippen molar-refractivity contribution in [2.45, 2.75) is 32.8 Å². The average Bonchev–Trinajstić information content (AvgIpc) is 3.00. The summed E-state index contributed by atoms with van der Waals surface area (Å²) in [6, 6.07) is 4.31. The highest BCUT2D eigenvalue weighted by Gasteiger charge is 2.16. The minimum atomic E-state index is 0.360. The maximum atomic E-state index is 5.61. The summed E-state index contributed by atoms with van der Waals surface area (Å²) in [6.07, 6.45) is 2.71. The fraction of sp³-hybridized carbons (Fsp3) is 0.500. The van der Waals surface area contributed by atoms with Crippen LogP contribution < -0.4 is 5.32 Å². The van der Waals surface area contributed by atoms with E-state index in [-0.39, 0.29) is 0 Å². The maximum Gasteiger partial charge on any atom is 0.183 e. The summed E-state index contributed by atoms with van der Waals surface area (Å²) >= 11 is 1.74. The van der Waals surface area contributed by atoms with Crippen LogP contribution in [0.4, 0.5) is 5.13 Å². The first kappa shape index (κ1) is 11.9. The SMILES string of the molecule is Cc1ccc(C)c2sc(NC[C@H]3CCCO3)nc12. The van der Waals surface area contributed by atoms with E-state index < -0.39 is 0 Å². The Labute approximate surface area is 111 Å². The number of aryl methyl sites for hydroxylation is 2. The summed E-state index contributed by atoms with van der Waals surface area (Å²) in [5.41, 5.74) is 3.69. The molecule has 1 fully saturated rings. The van der Waals surface area contributed by atoms with Crippen LogP contribution in [-0.4, -0.2) is 24.2 Å². The summed E-state index contributed by atoms with van der Waals surface area (Å²) in [4.78, 5) is 4.69. The monoisotopic (exact) mass is 262 g/mol. The van der Waals surface area contributed by atoms with E-state index in [2.05, 4.69) is 36.3 Å². The number of aromatic nitrogens is 1. The van der Waals surface area contributed by atoms with E-state index in [1.54, 1.807) is 11.3 Å². The van der Waals surface area contributed by atoms with E-state index in [4.69, 9.17) is 4.74 Å². The zero-order valence-corrected chi connectivity index (χ0v) is 11.6. The molecular weight excluding hydrogens is 244 g/mol. The normalized spacial score (nSPS) is 19.6. The van der Waals surface area contributed by atoms with Crippen LogP contribution in [0.25, 0.3) is 10.2 Å². The van der Waals surface area contributed by atoms with Gasteiger partial charge in [-0.25, -0.2) is 4.98 Å². The molecular formula is C14H18N2OS. The number of nitrogens with one attached hydrogen (secondary N) is 1. The van der Waals surface area contributed by atoms with Crippen molar-refractivity contribution in [3.8, 4) is 0 Å². The molecule has 1 aromatic heterocycles. The Bertz CT molecular complexity index is 519. The van der Waals surface area contributed by atoms with Gasteiger partial charge in [-0.3, -0.25) is 0 Å². The molecule has 0 saturated carbocycles. The number of thiazole rings is 1. The number of ether oxygens (including phenoxy) is 1. The molecule has 0 amide bonds. The number of anilines is 1. The molecule has 0 bridgehead atoms. The van der Waals surface area contributed by atoms with Gasteiger partial charge >= 0.3 is 0 Å². The van der Waals surface area contributed by atoms with Gasteiger partial charge in [-0.2, -0.15) is 0 Å². The minimum absolute atomic E-state index is 0.360. The molecule has 2 heterocycles. The molecule has 1 aromatic carbocycles. The smallest absolute Gasteiger partial charge is 0.183 e. The van der Waals surface area contributed by atoms with Gasteiger partial charge in [-0.1, -0.05) is 23.5 Å². The lowest BCUT2D eigenvalue weighted by Gasteiger charge is -2.08. The Balaban J connectivity index is 1.80. The van der Waals surface area contributed by atoms with Crippen LogP contribution in [0.15, 0.2) is 12.1 Å². The molecule has 1 N–H and O–H groups in total. The van der Waals surface area contributed by atoms with E-state index in [0.29, 0.717) is 6.10 Å². The molecule has 4 heteroatoms. The van der Waals surface area contributed by atoms with Crippen molar-refractivity contribution < 1.29 is 4.74 Å².